The first-order chi connectivity index (χ1) is 6.37. The molecule has 0 fully saturated rings. The van der Waals surface area contributed by atoms with Crippen LogP contribution in [0.2, 0.25) is 0 Å². The lowest BCUT2D eigenvalue weighted by atomic mass is 10.2. The van der Waals surface area contributed by atoms with Crippen molar-refractivity contribution in [2.45, 2.75) is 33.2 Å². The molecule has 0 aromatic carbocycles. The van der Waals surface area contributed by atoms with E-state index in [0.29, 0.717) is 12.5 Å². The largest absolute Gasteiger partial charge is 0.327 e. The first-order valence-electron chi connectivity index (χ1n) is 4.87. The van der Waals surface area contributed by atoms with Gasteiger partial charge in [-0.15, -0.1) is 0 Å². The molecule has 0 aromatic heterocycles. The van der Waals surface area contributed by atoms with Gasteiger partial charge < -0.3 is 5.73 Å². The number of hydrogen-bond donors (Lipinski definition) is 3. The molecule has 0 aliphatic heterocycles. The lowest BCUT2D eigenvalue weighted by Gasteiger charge is -2.12. The molecule has 0 saturated heterocycles. The van der Waals surface area contributed by atoms with Crippen LogP contribution in [-0.2, 0) is 10.2 Å². The Morgan fingerprint density at radius 3 is 2.14 bits per heavy atom. The van der Waals surface area contributed by atoms with E-state index in [1.54, 1.807) is 0 Å². The quantitative estimate of drug-likeness (QED) is 0.559. The van der Waals surface area contributed by atoms with Crippen LogP contribution in [0.25, 0.3) is 0 Å². The van der Waals surface area contributed by atoms with Gasteiger partial charge in [-0.3, -0.25) is 0 Å². The molecule has 0 heterocycles. The van der Waals surface area contributed by atoms with Gasteiger partial charge in [0.2, 0.25) is 0 Å². The van der Waals surface area contributed by atoms with Gasteiger partial charge in [-0.1, -0.05) is 20.8 Å². The summed E-state index contributed by atoms with van der Waals surface area (Å²) >= 11 is 0. The van der Waals surface area contributed by atoms with Crippen LogP contribution in [-0.4, -0.2) is 27.5 Å². The van der Waals surface area contributed by atoms with Crippen LogP contribution in [0.4, 0.5) is 0 Å². The van der Waals surface area contributed by atoms with Crippen molar-refractivity contribution in [2.75, 3.05) is 13.1 Å². The van der Waals surface area contributed by atoms with E-state index in [4.69, 9.17) is 5.73 Å². The normalized spacial score (nSPS) is 14.6. The van der Waals surface area contributed by atoms with E-state index in [2.05, 4.69) is 9.44 Å². The van der Waals surface area contributed by atoms with Gasteiger partial charge in [-0.05, 0) is 12.3 Å². The lowest BCUT2D eigenvalue weighted by molar-refractivity contribution is 0.536. The van der Waals surface area contributed by atoms with E-state index in [0.717, 1.165) is 6.42 Å². The number of rotatable bonds is 7. The zero-order chi connectivity index (χ0) is 11.2. The fourth-order valence-corrected chi connectivity index (χ4v) is 1.78. The van der Waals surface area contributed by atoms with Gasteiger partial charge in [0.1, 0.15) is 0 Å². The fraction of sp³-hybridized carbons (Fsp3) is 1.00. The second kappa shape index (κ2) is 6.34. The molecule has 5 nitrogen and oxygen atoms in total. The van der Waals surface area contributed by atoms with Crippen molar-refractivity contribution < 1.29 is 8.42 Å². The highest BCUT2D eigenvalue weighted by atomic mass is 32.2. The van der Waals surface area contributed by atoms with Gasteiger partial charge in [0.05, 0.1) is 0 Å². The molecular weight excluding hydrogens is 202 g/mol. The molecule has 4 N–H and O–H groups in total. The molecule has 0 amide bonds. The minimum Gasteiger partial charge on any atom is -0.327 e. The second-order valence-electron chi connectivity index (χ2n) is 3.76. The van der Waals surface area contributed by atoms with Crippen molar-refractivity contribution in [2.24, 2.45) is 11.7 Å². The first kappa shape index (κ1) is 13.8. The van der Waals surface area contributed by atoms with Gasteiger partial charge in [0.15, 0.2) is 0 Å². The molecule has 14 heavy (non-hydrogen) atoms. The molecule has 0 rings (SSSR count). The molecule has 0 spiro atoms. The fourth-order valence-electron chi connectivity index (χ4n) is 0.688. The van der Waals surface area contributed by atoms with E-state index in [1.165, 1.54) is 0 Å². The monoisotopic (exact) mass is 223 g/mol. The van der Waals surface area contributed by atoms with Crippen LogP contribution in [0.5, 0.6) is 0 Å². The van der Waals surface area contributed by atoms with Crippen molar-refractivity contribution >= 4 is 10.2 Å². The molecular formula is C8H21N3O2S. The summed E-state index contributed by atoms with van der Waals surface area (Å²) in [4.78, 5) is 0. The highest BCUT2D eigenvalue weighted by Crippen LogP contribution is 1.90. The SMILES string of the molecule is CCC(N)CNS(=O)(=O)NCC(C)C. The third kappa shape index (κ3) is 7.25. The van der Waals surface area contributed by atoms with Gasteiger partial charge in [0, 0.05) is 19.1 Å². The Balaban J connectivity index is 3.84. The van der Waals surface area contributed by atoms with E-state index >= 15 is 0 Å². The van der Waals surface area contributed by atoms with Gasteiger partial charge in [-0.25, -0.2) is 9.44 Å². The zero-order valence-corrected chi connectivity index (χ0v) is 9.89. The predicted octanol–water partition coefficient (Wildman–Crippen LogP) is -0.196. The summed E-state index contributed by atoms with van der Waals surface area (Å²) in [5.41, 5.74) is 5.58. The molecule has 0 aromatic rings. The van der Waals surface area contributed by atoms with E-state index in [-0.39, 0.29) is 12.6 Å². The summed E-state index contributed by atoms with van der Waals surface area (Å²) < 4.78 is 27.4. The Labute approximate surface area is 86.6 Å². The molecule has 0 aliphatic rings. The lowest BCUT2D eigenvalue weighted by Crippen LogP contribution is -2.43. The van der Waals surface area contributed by atoms with Crippen LogP contribution < -0.4 is 15.2 Å². The molecule has 0 aliphatic carbocycles. The summed E-state index contributed by atoms with van der Waals surface area (Å²) in [6.45, 7) is 6.53. The maximum atomic E-state index is 11.3. The third-order valence-corrected chi connectivity index (χ3v) is 2.83. The van der Waals surface area contributed by atoms with Gasteiger partial charge in [-0.2, -0.15) is 8.42 Å². The minimum atomic E-state index is -3.36. The average molecular weight is 223 g/mol. The molecule has 1 atom stereocenters. The van der Waals surface area contributed by atoms with Crippen LogP contribution in [0.1, 0.15) is 27.2 Å². The van der Waals surface area contributed by atoms with Crippen molar-refractivity contribution in [3.63, 3.8) is 0 Å². The van der Waals surface area contributed by atoms with E-state index < -0.39 is 10.2 Å². The molecule has 0 radical (unpaired) electrons. The standard InChI is InChI=1S/C8H21N3O2S/c1-4-8(9)6-11-14(12,13)10-5-7(2)3/h7-8,10-11H,4-6,9H2,1-3H3. The van der Waals surface area contributed by atoms with E-state index in [1.807, 2.05) is 20.8 Å². The first-order valence-corrected chi connectivity index (χ1v) is 6.35. The topological polar surface area (TPSA) is 84.2 Å². The Hall–Kier alpha value is -0.170. The van der Waals surface area contributed by atoms with Crippen molar-refractivity contribution in [3.8, 4) is 0 Å². The smallest absolute Gasteiger partial charge is 0.276 e. The summed E-state index contributed by atoms with van der Waals surface area (Å²) in [6.07, 6.45) is 0.757. The number of nitrogens with two attached hydrogens (primary N) is 1. The molecule has 0 bridgehead atoms. The highest BCUT2D eigenvalue weighted by molar-refractivity contribution is 7.87. The summed E-state index contributed by atoms with van der Waals surface area (Å²) in [5.74, 6) is 0.298. The highest BCUT2D eigenvalue weighted by Gasteiger charge is 2.10. The van der Waals surface area contributed by atoms with Gasteiger partial charge in [0.25, 0.3) is 10.2 Å². The average Bonchev–Trinajstić information content (AvgIpc) is 2.11. The summed E-state index contributed by atoms with van der Waals surface area (Å²) in [5, 5.41) is 0. The van der Waals surface area contributed by atoms with Crippen molar-refractivity contribution in [1.29, 1.82) is 0 Å². The Morgan fingerprint density at radius 2 is 1.71 bits per heavy atom. The Morgan fingerprint density at radius 1 is 1.21 bits per heavy atom. The molecule has 1 unspecified atom stereocenters. The predicted molar refractivity (Wildman–Crippen MR) is 58.0 cm³/mol. The van der Waals surface area contributed by atoms with Crippen LogP contribution >= 0.6 is 0 Å². The maximum Gasteiger partial charge on any atom is 0.276 e. The molecule has 0 saturated carbocycles. The number of nitrogens with one attached hydrogen (secondary N) is 2. The Kier molecular flexibility index (Phi) is 6.26. The second-order valence-corrected chi connectivity index (χ2v) is 5.35. The minimum absolute atomic E-state index is 0.120. The maximum absolute atomic E-state index is 11.3. The van der Waals surface area contributed by atoms with Crippen molar-refractivity contribution in [1.82, 2.24) is 9.44 Å². The third-order valence-electron chi connectivity index (χ3n) is 1.74. The van der Waals surface area contributed by atoms with Crippen molar-refractivity contribution in [3.05, 3.63) is 0 Å². The van der Waals surface area contributed by atoms with Gasteiger partial charge >= 0.3 is 0 Å². The van der Waals surface area contributed by atoms with Crippen LogP contribution in [0.15, 0.2) is 0 Å². The molecule has 6 heteroatoms. The van der Waals surface area contributed by atoms with Crippen LogP contribution in [0.3, 0.4) is 0 Å². The molecule has 86 valence electrons. The van der Waals surface area contributed by atoms with Crippen LogP contribution in [0, 0.1) is 5.92 Å². The van der Waals surface area contributed by atoms with E-state index in [9.17, 15) is 8.42 Å². The number of hydrogen-bond acceptors (Lipinski definition) is 3. The zero-order valence-electron chi connectivity index (χ0n) is 9.08. The Bertz CT molecular complexity index is 239. The summed E-state index contributed by atoms with van der Waals surface area (Å²) in [7, 11) is -3.36. The summed E-state index contributed by atoms with van der Waals surface area (Å²) in [6, 6.07) is -0.120.